The molecular formula is C38H43N3O6. The number of esters is 1. The molecule has 9 heteroatoms. The molecule has 2 amide bonds. The van der Waals surface area contributed by atoms with E-state index in [1.807, 2.05) is 84.9 Å². The quantitative estimate of drug-likeness (QED) is 0.163. The Morgan fingerprint density at radius 3 is 2.06 bits per heavy atom. The van der Waals surface area contributed by atoms with Gasteiger partial charge in [0.2, 0.25) is 0 Å². The van der Waals surface area contributed by atoms with Crippen molar-refractivity contribution < 1.29 is 28.9 Å². The minimum Gasteiger partial charge on any atom is -0.467 e. The zero-order valence-corrected chi connectivity index (χ0v) is 27.0. The summed E-state index contributed by atoms with van der Waals surface area (Å²) >= 11 is 0. The molecule has 0 bridgehead atoms. The van der Waals surface area contributed by atoms with E-state index in [0.29, 0.717) is 18.7 Å². The van der Waals surface area contributed by atoms with Crippen LogP contribution in [0.15, 0.2) is 109 Å². The number of aliphatic hydroxyl groups is 1. The predicted octanol–water partition coefficient (Wildman–Crippen LogP) is 6.01. The van der Waals surface area contributed by atoms with Gasteiger partial charge in [-0.2, -0.15) is 0 Å². The molecule has 5 atom stereocenters. The van der Waals surface area contributed by atoms with Gasteiger partial charge in [-0.05, 0) is 41.4 Å². The van der Waals surface area contributed by atoms with Gasteiger partial charge >= 0.3 is 12.0 Å². The topological polar surface area (TPSA) is 109 Å². The third-order valence-electron chi connectivity index (χ3n) is 8.42. The molecular weight excluding hydrogens is 594 g/mol. The number of rotatable bonds is 12. The lowest BCUT2D eigenvalue weighted by Gasteiger charge is -2.42. The minimum atomic E-state index is -0.840. The molecule has 0 saturated carbocycles. The Bertz CT molecular complexity index is 1570. The van der Waals surface area contributed by atoms with Gasteiger partial charge < -0.3 is 30.0 Å². The number of benzene rings is 4. The van der Waals surface area contributed by atoms with Crippen molar-refractivity contribution in [3.63, 3.8) is 0 Å². The number of likely N-dealkylation sites (N-methyl/N-ethyl adjacent to an activating group) is 1. The van der Waals surface area contributed by atoms with Gasteiger partial charge in [-0.25, -0.2) is 9.59 Å². The highest BCUT2D eigenvalue weighted by Crippen LogP contribution is 2.42. The van der Waals surface area contributed by atoms with Gasteiger partial charge in [0.25, 0.3) is 0 Å². The monoisotopic (exact) mass is 637 g/mol. The van der Waals surface area contributed by atoms with Crippen LogP contribution in [0.2, 0.25) is 0 Å². The number of anilines is 1. The van der Waals surface area contributed by atoms with Gasteiger partial charge in [0.05, 0.1) is 25.9 Å². The van der Waals surface area contributed by atoms with E-state index < -0.39 is 24.3 Å². The number of carbonyl (C=O) groups is 2. The third kappa shape index (κ3) is 9.27. The van der Waals surface area contributed by atoms with E-state index in [4.69, 9.17) is 14.2 Å². The fourth-order valence-corrected chi connectivity index (χ4v) is 5.83. The molecule has 5 rings (SSSR count). The van der Waals surface area contributed by atoms with E-state index in [0.717, 1.165) is 28.8 Å². The Hall–Kier alpha value is -4.54. The van der Waals surface area contributed by atoms with Crippen LogP contribution in [0.1, 0.15) is 47.1 Å². The van der Waals surface area contributed by atoms with Gasteiger partial charge in [0, 0.05) is 36.7 Å². The molecule has 1 fully saturated rings. The van der Waals surface area contributed by atoms with E-state index in [2.05, 4.69) is 41.6 Å². The highest BCUT2D eigenvalue weighted by Gasteiger charge is 2.38. The fourth-order valence-electron chi connectivity index (χ4n) is 5.83. The lowest BCUT2D eigenvalue weighted by Crippen LogP contribution is -2.45. The number of urea groups is 1. The van der Waals surface area contributed by atoms with Gasteiger partial charge in [-0.15, -0.1) is 0 Å². The second kappa shape index (κ2) is 16.3. The Morgan fingerprint density at radius 2 is 1.45 bits per heavy atom. The van der Waals surface area contributed by atoms with Crippen molar-refractivity contribution in [1.29, 1.82) is 0 Å². The molecule has 0 aliphatic carbocycles. The van der Waals surface area contributed by atoms with E-state index in [1.165, 1.54) is 12.7 Å². The van der Waals surface area contributed by atoms with Gasteiger partial charge in [-0.3, -0.25) is 4.90 Å². The number of aliphatic hydroxyl groups excluding tert-OH is 1. The first-order chi connectivity index (χ1) is 22.8. The van der Waals surface area contributed by atoms with Crippen molar-refractivity contribution in [1.82, 2.24) is 10.2 Å². The molecule has 5 unspecified atom stereocenters. The second-order valence-corrected chi connectivity index (χ2v) is 12.0. The van der Waals surface area contributed by atoms with Crippen molar-refractivity contribution in [3.05, 3.63) is 137 Å². The van der Waals surface area contributed by atoms with Crippen LogP contribution < -0.4 is 10.6 Å². The highest BCUT2D eigenvalue weighted by molar-refractivity contribution is 5.92. The van der Waals surface area contributed by atoms with Crippen molar-refractivity contribution in [2.45, 2.75) is 51.0 Å². The molecule has 1 saturated heterocycles. The molecule has 1 aliphatic rings. The summed E-state index contributed by atoms with van der Waals surface area (Å²) in [4.78, 5) is 27.5. The number of hydrogen-bond donors (Lipinski definition) is 3. The van der Waals surface area contributed by atoms with Crippen LogP contribution in [0.5, 0.6) is 0 Å². The highest BCUT2D eigenvalue weighted by atomic mass is 16.7. The first-order valence-corrected chi connectivity index (χ1v) is 15.8. The van der Waals surface area contributed by atoms with Crippen LogP contribution in [0, 0.1) is 5.92 Å². The molecule has 0 spiro atoms. The smallest absolute Gasteiger partial charge is 0.328 e. The predicted molar refractivity (Wildman–Crippen MR) is 180 cm³/mol. The zero-order valence-electron chi connectivity index (χ0n) is 27.0. The summed E-state index contributed by atoms with van der Waals surface area (Å²) in [5, 5.41) is 15.1. The Morgan fingerprint density at radius 1 is 0.830 bits per heavy atom. The maximum absolute atomic E-state index is 12.9. The number of hydrogen-bond acceptors (Lipinski definition) is 7. The number of nitrogens with zero attached hydrogens (tertiary/aromatic N) is 1. The van der Waals surface area contributed by atoms with Crippen molar-refractivity contribution >= 4 is 17.7 Å². The second-order valence-electron chi connectivity index (χ2n) is 12.0. The molecule has 1 aliphatic heterocycles. The molecule has 1 heterocycles. The molecule has 47 heavy (non-hydrogen) atoms. The van der Waals surface area contributed by atoms with Crippen molar-refractivity contribution in [2.75, 3.05) is 26.0 Å². The molecule has 4 aromatic rings. The average Bonchev–Trinajstić information content (AvgIpc) is 3.10. The standard InChI is InChI=1S/C38H43N3O6/c1-26-34(24-41(2)23-28-12-8-5-9-13-28)46-37(47-35(26)30-16-14-29(25-42)15-17-30)31-18-20-32(21-19-31)39-38(44)40-33(36(43)45-3)22-27-10-6-4-7-11-27/h4-21,26,33-35,37,42H,22-25H2,1-3H3,(H2,39,40,44). The maximum atomic E-state index is 12.9. The molecule has 4 aromatic carbocycles. The third-order valence-corrected chi connectivity index (χ3v) is 8.42. The first kappa shape index (κ1) is 33.8. The Labute approximate surface area is 276 Å². The summed E-state index contributed by atoms with van der Waals surface area (Å²) in [7, 11) is 3.39. The van der Waals surface area contributed by atoms with Gasteiger partial charge in [0.15, 0.2) is 6.29 Å². The summed E-state index contributed by atoms with van der Waals surface area (Å²) < 4.78 is 18.1. The minimum absolute atomic E-state index is 0.0191. The summed E-state index contributed by atoms with van der Waals surface area (Å²) in [6.07, 6.45) is -0.699. The van der Waals surface area contributed by atoms with Crippen LogP contribution in [-0.4, -0.2) is 54.9 Å². The Balaban J connectivity index is 1.28. The van der Waals surface area contributed by atoms with E-state index in [-0.39, 0.29) is 24.7 Å². The zero-order chi connectivity index (χ0) is 33.2. The maximum Gasteiger partial charge on any atom is 0.328 e. The number of methoxy groups -OCH3 is 1. The van der Waals surface area contributed by atoms with E-state index in [1.54, 1.807) is 12.1 Å². The largest absolute Gasteiger partial charge is 0.467 e. The van der Waals surface area contributed by atoms with Crippen LogP contribution in [0.3, 0.4) is 0 Å². The van der Waals surface area contributed by atoms with Crippen LogP contribution in [0.4, 0.5) is 10.5 Å². The van der Waals surface area contributed by atoms with E-state index >= 15 is 0 Å². The Kier molecular flexibility index (Phi) is 11.8. The fraction of sp³-hybridized carbons (Fsp3) is 0.316. The van der Waals surface area contributed by atoms with Crippen LogP contribution >= 0.6 is 0 Å². The summed E-state index contributed by atoms with van der Waals surface area (Å²) in [5.74, 6) is -0.475. The van der Waals surface area contributed by atoms with Gasteiger partial charge in [0.1, 0.15) is 6.04 Å². The number of amides is 2. The SMILES string of the molecule is COC(=O)C(Cc1ccccc1)NC(=O)Nc1ccc(C2OC(CN(C)Cc3ccccc3)C(C)C(c3ccc(CO)cc3)O2)cc1. The molecule has 9 nitrogen and oxygen atoms in total. The van der Waals surface area contributed by atoms with E-state index in [9.17, 15) is 14.7 Å². The molecule has 0 aromatic heterocycles. The van der Waals surface area contributed by atoms with Gasteiger partial charge in [-0.1, -0.05) is 104 Å². The van der Waals surface area contributed by atoms with Crippen LogP contribution in [0.25, 0.3) is 0 Å². The number of carbonyl (C=O) groups excluding carboxylic acids is 2. The van der Waals surface area contributed by atoms with Crippen LogP contribution in [-0.2, 0) is 38.6 Å². The number of nitrogens with one attached hydrogen (secondary N) is 2. The summed E-state index contributed by atoms with van der Waals surface area (Å²) in [6, 6.07) is 33.6. The van der Waals surface area contributed by atoms with Crippen molar-refractivity contribution in [3.8, 4) is 0 Å². The normalized spacial score (nSPS) is 19.9. The lowest BCUT2D eigenvalue weighted by molar-refractivity contribution is -0.276. The lowest BCUT2D eigenvalue weighted by atomic mass is 9.90. The molecule has 246 valence electrons. The number of ether oxygens (including phenoxy) is 3. The summed E-state index contributed by atoms with van der Waals surface area (Å²) in [5.41, 5.74) is 5.36. The van der Waals surface area contributed by atoms with Crippen molar-refractivity contribution in [2.24, 2.45) is 5.92 Å². The molecule has 0 radical (unpaired) electrons. The first-order valence-electron chi connectivity index (χ1n) is 15.8. The molecule has 3 N–H and O–H groups in total. The summed E-state index contributed by atoms with van der Waals surface area (Å²) in [6.45, 7) is 3.62. The average molecular weight is 638 g/mol.